The number of nitrogens with two attached hydrogens (primary N) is 1. The largest absolute Gasteiger partial charge is 0.434 e. The van der Waals surface area contributed by atoms with Crippen molar-refractivity contribution in [3.05, 3.63) is 17.5 Å². The number of carbonyl (C=O) groups is 1. The fourth-order valence-electron chi connectivity index (χ4n) is 2.88. The molecule has 4 N–H and O–H groups in total. The Morgan fingerprint density at radius 3 is 2.92 bits per heavy atom. The third-order valence-electron chi connectivity index (χ3n) is 4.12. The highest BCUT2D eigenvalue weighted by molar-refractivity contribution is 5.95. The summed E-state index contributed by atoms with van der Waals surface area (Å²) in [7, 11) is 0. The van der Waals surface area contributed by atoms with Crippen molar-refractivity contribution in [2.75, 3.05) is 38.5 Å². The summed E-state index contributed by atoms with van der Waals surface area (Å²) in [4.78, 5) is 20.8. The average Bonchev–Trinajstić information content (AvgIpc) is 2.58. The minimum atomic E-state index is -4.78. The molecule has 1 saturated heterocycles. The zero-order valence-electron chi connectivity index (χ0n) is 13.7. The quantitative estimate of drug-likeness (QED) is 0.651. The first-order chi connectivity index (χ1) is 11.8. The maximum absolute atomic E-state index is 12.9. The number of likely N-dealkylation sites (tertiary alicyclic amines) is 1. The van der Waals surface area contributed by atoms with E-state index in [-0.39, 0.29) is 19.1 Å². The number of carbonyl (C=O) groups excluding carboxylic acids is 1. The maximum atomic E-state index is 12.9. The van der Waals surface area contributed by atoms with Gasteiger partial charge in [-0.15, -0.1) is 0 Å². The molecule has 1 aliphatic heterocycles. The lowest BCUT2D eigenvalue weighted by Crippen LogP contribution is -2.38. The van der Waals surface area contributed by atoms with E-state index in [0.717, 1.165) is 32.1 Å². The molecule has 0 aliphatic carbocycles. The van der Waals surface area contributed by atoms with Crippen LogP contribution in [-0.2, 0) is 6.18 Å². The van der Waals surface area contributed by atoms with Crippen LogP contribution in [0.2, 0.25) is 0 Å². The number of aliphatic hydroxyl groups excluding tert-OH is 1. The number of rotatable bonds is 6. The van der Waals surface area contributed by atoms with E-state index < -0.39 is 29.3 Å². The second kappa shape index (κ2) is 8.43. The van der Waals surface area contributed by atoms with Crippen molar-refractivity contribution in [3.63, 3.8) is 0 Å². The standard InChI is InChI=1S/C15H22F3N5O2/c16-15(17,18)12-11(7-21-14(19)22-12)13(25)20-4-2-6-23-5-1-3-10(8-23)9-24/h7,10,24H,1-6,8-9H2,(H,20,25)(H2,19,21,22)/t10-/m1/s1. The second-order valence-electron chi connectivity index (χ2n) is 6.09. The zero-order chi connectivity index (χ0) is 18.4. The monoisotopic (exact) mass is 361 g/mol. The third kappa shape index (κ3) is 5.53. The third-order valence-corrected chi connectivity index (χ3v) is 4.12. The molecule has 1 atom stereocenters. The Balaban J connectivity index is 1.85. The maximum Gasteiger partial charge on any atom is 0.434 e. The lowest BCUT2D eigenvalue weighted by Gasteiger charge is -2.31. The summed E-state index contributed by atoms with van der Waals surface area (Å²) in [5.74, 6) is -1.14. The molecule has 0 spiro atoms. The van der Waals surface area contributed by atoms with Gasteiger partial charge in [0.05, 0.1) is 5.56 Å². The molecule has 1 fully saturated rings. The summed E-state index contributed by atoms with van der Waals surface area (Å²) >= 11 is 0. The number of alkyl halides is 3. The Kier molecular flexibility index (Phi) is 6.54. The number of nitrogen functional groups attached to an aromatic ring is 1. The summed E-state index contributed by atoms with van der Waals surface area (Å²) < 4.78 is 38.8. The highest BCUT2D eigenvalue weighted by atomic mass is 19.4. The molecule has 140 valence electrons. The molecule has 10 heteroatoms. The van der Waals surface area contributed by atoms with Crippen LogP contribution < -0.4 is 11.1 Å². The summed E-state index contributed by atoms with van der Waals surface area (Å²) in [5.41, 5.74) is 3.20. The number of hydrogen-bond donors (Lipinski definition) is 3. The fraction of sp³-hybridized carbons (Fsp3) is 0.667. The van der Waals surface area contributed by atoms with Crippen LogP contribution in [0.15, 0.2) is 6.20 Å². The van der Waals surface area contributed by atoms with Gasteiger partial charge in [0.1, 0.15) is 0 Å². The minimum Gasteiger partial charge on any atom is -0.396 e. The van der Waals surface area contributed by atoms with Crippen molar-refractivity contribution in [1.29, 1.82) is 0 Å². The number of piperidine rings is 1. The van der Waals surface area contributed by atoms with E-state index >= 15 is 0 Å². The van der Waals surface area contributed by atoms with Crippen LogP contribution in [0.25, 0.3) is 0 Å². The van der Waals surface area contributed by atoms with Gasteiger partial charge in [0.15, 0.2) is 5.69 Å². The fourth-order valence-corrected chi connectivity index (χ4v) is 2.88. The second-order valence-corrected chi connectivity index (χ2v) is 6.09. The predicted molar refractivity (Wildman–Crippen MR) is 84.6 cm³/mol. The van der Waals surface area contributed by atoms with Crippen LogP contribution in [0.5, 0.6) is 0 Å². The van der Waals surface area contributed by atoms with E-state index in [4.69, 9.17) is 5.73 Å². The lowest BCUT2D eigenvalue weighted by molar-refractivity contribution is -0.141. The van der Waals surface area contributed by atoms with Crippen molar-refractivity contribution in [2.24, 2.45) is 5.92 Å². The Morgan fingerprint density at radius 2 is 2.24 bits per heavy atom. The minimum absolute atomic E-state index is 0.157. The number of aromatic nitrogens is 2. The number of amides is 1. The van der Waals surface area contributed by atoms with Gasteiger partial charge >= 0.3 is 6.18 Å². The highest BCUT2D eigenvalue weighted by Crippen LogP contribution is 2.30. The first-order valence-corrected chi connectivity index (χ1v) is 8.12. The molecule has 2 heterocycles. The van der Waals surface area contributed by atoms with E-state index in [2.05, 4.69) is 20.2 Å². The van der Waals surface area contributed by atoms with E-state index in [1.54, 1.807) is 0 Å². The molecule has 1 aromatic rings. The summed E-state index contributed by atoms with van der Waals surface area (Å²) in [6.07, 6.45) is -1.38. The number of nitrogens with one attached hydrogen (secondary N) is 1. The molecule has 2 rings (SSSR count). The van der Waals surface area contributed by atoms with Crippen molar-refractivity contribution in [3.8, 4) is 0 Å². The molecule has 7 nitrogen and oxygen atoms in total. The van der Waals surface area contributed by atoms with Crippen LogP contribution in [0.3, 0.4) is 0 Å². The average molecular weight is 361 g/mol. The van der Waals surface area contributed by atoms with Crippen LogP contribution in [0.4, 0.5) is 19.1 Å². The zero-order valence-corrected chi connectivity index (χ0v) is 13.7. The summed E-state index contributed by atoms with van der Waals surface area (Å²) in [5, 5.41) is 11.7. The molecule has 1 aromatic heterocycles. The topological polar surface area (TPSA) is 104 Å². The molecule has 0 saturated carbocycles. The van der Waals surface area contributed by atoms with Gasteiger partial charge in [0.25, 0.3) is 5.91 Å². The molecular formula is C15H22F3N5O2. The summed E-state index contributed by atoms with van der Waals surface area (Å²) in [6.45, 7) is 2.83. The predicted octanol–water partition coefficient (Wildman–Crippen LogP) is 0.902. The first-order valence-electron chi connectivity index (χ1n) is 8.12. The van der Waals surface area contributed by atoms with Gasteiger partial charge in [-0.1, -0.05) is 0 Å². The Hall–Kier alpha value is -1.94. The number of nitrogens with zero attached hydrogens (tertiary/aromatic N) is 3. The molecule has 25 heavy (non-hydrogen) atoms. The van der Waals surface area contributed by atoms with Gasteiger partial charge in [-0.05, 0) is 38.3 Å². The summed E-state index contributed by atoms with van der Waals surface area (Å²) in [6, 6.07) is 0. The number of hydrogen-bond acceptors (Lipinski definition) is 6. The van der Waals surface area contributed by atoms with Gasteiger partial charge in [-0.3, -0.25) is 4.79 Å². The van der Waals surface area contributed by atoms with Crippen molar-refractivity contribution in [1.82, 2.24) is 20.2 Å². The van der Waals surface area contributed by atoms with E-state index in [1.165, 1.54) is 0 Å². The van der Waals surface area contributed by atoms with Gasteiger partial charge < -0.3 is 21.1 Å². The van der Waals surface area contributed by atoms with Crippen molar-refractivity contribution in [2.45, 2.75) is 25.4 Å². The van der Waals surface area contributed by atoms with Crippen LogP contribution in [0.1, 0.15) is 35.3 Å². The van der Waals surface area contributed by atoms with E-state index in [0.29, 0.717) is 13.0 Å². The van der Waals surface area contributed by atoms with Gasteiger partial charge in [-0.2, -0.15) is 13.2 Å². The Labute approximate surface area is 143 Å². The van der Waals surface area contributed by atoms with Crippen molar-refractivity contribution >= 4 is 11.9 Å². The molecule has 0 aromatic carbocycles. The van der Waals surface area contributed by atoms with Crippen LogP contribution in [-0.4, -0.2) is 58.7 Å². The normalized spacial score (nSPS) is 19.0. The number of anilines is 1. The van der Waals surface area contributed by atoms with Crippen LogP contribution >= 0.6 is 0 Å². The van der Waals surface area contributed by atoms with Crippen molar-refractivity contribution < 1.29 is 23.1 Å². The molecule has 1 aliphatic rings. The van der Waals surface area contributed by atoms with Crippen LogP contribution in [0, 0.1) is 5.92 Å². The SMILES string of the molecule is Nc1ncc(C(=O)NCCCN2CCC[C@@H](CO)C2)c(C(F)(F)F)n1. The lowest BCUT2D eigenvalue weighted by atomic mass is 9.99. The van der Waals surface area contributed by atoms with E-state index in [1.807, 2.05) is 0 Å². The van der Waals surface area contributed by atoms with E-state index in [9.17, 15) is 23.1 Å². The van der Waals surface area contributed by atoms with Gasteiger partial charge in [0.2, 0.25) is 5.95 Å². The first kappa shape index (κ1) is 19.4. The number of halogens is 3. The molecular weight excluding hydrogens is 339 g/mol. The van der Waals surface area contributed by atoms with Gasteiger partial charge in [-0.25, -0.2) is 9.97 Å². The molecule has 1 amide bonds. The molecule has 0 unspecified atom stereocenters. The van der Waals surface area contributed by atoms with Gasteiger partial charge in [0, 0.05) is 25.9 Å². The molecule has 0 bridgehead atoms. The highest BCUT2D eigenvalue weighted by Gasteiger charge is 2.37. The Bertz CT molecular complexity index is 597. The smallest absolute Gasteiger partial charge is 0.396 e. The Morgan fingerprint density at radius 1 is 1.48 bits per heavy atom. The molecule has 0 radical (unpaired) electrons. The number of aliphatic hydroxyl groups is 1.